The van der Waals surface area contributed by atoms with Gasteiger partial charge in [-0.15, -0.1) is 0 Å². The maximum Gasteiger partial charge on any atom is 0.416 e. The summed E-state index contributed by atoms with van der Waals surface area (Å²) in [6.07, 6.45) is -2.96. The molecule has 0 N–H and O–H groups in total. The molecule has 0 saturated carbocycles. The Morgan fingerprint density at radius 3 is 2.35 bits per heavy atom. The van der Waals surface area contributed by atoms with E-state index in [1.165, 1.54) is 30.5 Å². The molecule has 2 rings (SSSR count). The minimum atomic E-state index is -4.37. The van der Waals surface area contributed by atoms with E-state index in [1.807, 2.05) is 0 Å². The van der Waals surface area contributed by atoms with Crippen LogP contribution in [-0.4, -0.2) is 10.8 Å². The van der Waals surface area contributed by atoms with Gasteiger partial charge in [-0.05, 0) is 29.8 Å². The van der Waals surface area contributed by atoms with Crippen LogP contribution < -0.4 is 0 Å². The highest BCUT2D eigenvalue weighted by Crippen LogP contribution is 2.29. The summed E-state index contributed by atoms with van der Waals surface area (Å²) in [5.41, 5.74) is 0.154. The lowest BCUT2D eigenvalue weighted by atomic mass is 10.0. The first-order valence-corrected chi connectivity index (χ1v) is 6.05. The van der Waals surface area contributed by atoms with Crippen LogP contribution in [0, 0.1) is 0 Å². The van der Waals surface area contributed by atoms with Crippen molar-refractivity contribution < 1.29 is 18.0 Å². The molecular weight excluding hydrogens is 291 g/mol. The van der Waals surface area contributed by atoms with Crippen LogP contribution in [0.5, 0.6) is 0 Å². The average Bonchev–Trinajstić information content (AvgIpc) is 2.38. The highest BCUT2D eigenvalue weighted by Gasteiger charge is 2.29. The van der Waals surface area contributed by atoms with Gasteiger partial charge in [0.25, 0.3) is 0 Å². The van der Waals surface area contributed by atoms with Crippen LogP contribution in [0.2, 0.25) is 5.15 Å². The van der Waals surface area contributed by atoms with Crippen molar-refractivity contribution in [2.24, 2.45) is 0 Å². The summed E-state index contributed by atoms with van der Waals surface area (Å²) in [5, 5.41) is 0.197. The van der Waals surface area contributed by atoms with Crippen molar-refractivity contribution in [1.29, 1.82) is 0 Å². The van der Waals surface area contributed by atoms with Crippen LogP contribution >= 0.6 is 11.6 Å². The molecular formula is C14H9ClF3NO. The van der Waals surface area contributed by atoms with Crippen LogP contribution in [0.25, 0.3) is 0 Å². The summed E-state index contributed by atoms with van der Waals surface area (Å²) in [7, 11) is 0. The Bertz CT molecular complexity index is 623. The minimum absolute atomic E-state index is 0.0124. The van der Waals surface area contributed by atoms with Gasteiger partial charge in [0.15, 0.2) is 5.78 Å². The molecule has 1 aromatic carbocycles. The first-order valence-electron chi connectivity index (χ1n) is 5.67. The van der Waals surface area contributed by atoms with Crippen molar-refractivity contribution >= 4 is 17.4 Å². The van der Waals surface area contributed by atoms with Gasteiger partial charge < -0.3 is 0 Å². The quantitative estimate of drug-likeness (QED) is 0.628. The van der Waals surface area contributed by atoms with Crippen LogP contribution in [-0.2, 0) is 12.6 Å². The summed E-state index contributed by atoms with van der Waals surface area (Å²) in [6.45, 7) is 0. The third kappa shape index (κ3) is 3.57. The lowest BCUT2D eigenvalue weighted by molar-refractivity contribution is -0.137. The first kappa shape index (κ1) is 14.5. The molecule has 0 bridgehead atoms. The van der Waals surface area contributed by atoms with Crippen LogP contribution in [0.1, 0.15) is 21.5 Å². The number of ketones is 1. The largest absolute Gasteiger partial charge is 0.416 e. The number of pyridine rings is 1. The van der Waals surface area contributed by atoms with Gasteiger partial charge in [0.05, 0.1) is 5.56 Å². The third-order valence-corrected chi connectivity index (χ3v) is 2.90. The van der Waals surface area contributed by atoms with Crippen molar-refractivity contribution in [3.63, 3.8) is 0 Å². The van der Waals surface area contributed by atoms with Crippen molar-refractivity contribution in [1.82, 2.24) is 4.98 Å². The van der Waals surface area contributed by atoms with Gasteiger partial charge >= 0.3 is 6.18 Å². The number of carbonyl (C=O) groups is 1. The van der Waals surface area contributed by atoms with Gasteiger partial charge in [0.1, 0.15) is 5.15 Å². The maximum absolute atomic E-state index is 12.4. The van der Waals surface area contributed by atoms with E-state index in [0.29, 0.717) is 11.1 Å². The molecule has 6 heteroatoms. The molecule has 0 fully saturated rings. The highest BCUT2D eigenvalue weighted by atomic mass is 35.5. The standard InChI is InChI=1S/C14H9ClF3NO/c15-13-8-10(5-6-19-13)12(20)7-9-1-3-11(4-2-9)14(16,17)18/h1-6,8H,7H2. The van der Waals surface area contributed by atoms with Crippen LogP contribution in [0.4, 0.5) is 13.2 Å². The van der Waals surface area contributed by atoms with Gasteiger partial charge in [-0.3, -0.25) is 4.79 Å². The predicted octanol–water partition coefficient (Wildman–Crippen LogP) is 4.18. The number of benzene rings is 1. The average molecular weight is 300 g/mol. The fourth-order valence-corrected chi connectivity index (χ4v) is 1.85. The second-order valence-corrected chi connectivity index (χ2v) is 4.55. The minimum Gasteiger partial charge on any atom is -0.294 e. The van der Waals surface area contributed by atoms with Gasteiger partial charge in [-0.1, -0.05) is 23.7 Å². The molecule has 2 nitrogen and oxygen atoms in total. The Morgan fingerprint density at radius 2 is 1.80 bits per heavy atom. The SMILES string of the molecule is O=C(Cc1ccc(C(F)(F)F)cc1)c1ccnc(Cl)c1. The van der Waals surface area contributed by atoms with E-state index in [4.69, 9.17) is 11.6 Å². The number of nitrogens with zero attached hydrogens (tertiary/aromatic N) is 1. The Labute approximate surface area is 118 Å². The molecule has 0 saturated heterocycles. The topological polar surface area (TPSA) is 30.0 Å². The second-order valence-electron chi connectivity index (χ2n) is 4.16. The van der Waals surface area contributed by atoms with Gasteiger partial charge in [-0.25, -0.2) is 4.98 Å². The maximum atomic E-state index is 12.4. The molecule has 2 aromatic rings. The molecule has 0 spiro atoms. The molecule has 104 valence electrons. The van der Waals surface area contributed by atoms with Crippen molar-refractivity contribution in [3.8, 4) is 0 Å². The molecule has 0 unspecified atom stereocenters. The lowest BCUT2D eigenvalue weighted by Gasteiger charge is -2.07. The van der Waals surface area contributed by atoms with Crippen LogP contribution in [0.3, 0.4) is 0 Å². The Kier molecular flexibility index (Phi) is 4.09. The molecule has 0 amide bonds. The number of alkyl halides is 3. The highest BCUT2D eigenvalue weighted by molar-refractivity contribution is 6.29. The Balaban J connectivity index is 2.12. The summed E-state index contributed by atoms with van der Waals surface area (Å²) in [4.78, 5) is 15.7. The number of hydrogen-bond donors (Lipinski definition) is 0. The smallest absolute Gasteiger partial charge is 0.294 e. The normalized spacial score (nSPS) is 11.4. The molecule has 0 aliphatic carbocycles. The number of carbonyl (C=O) groups excluding carboxylic acids is 1. The molecule has 0 radical (unpaired) electrons. The fraction of sp³-hybridized carbons (Fsp3) is 0.143. The van der Waals surface area contributed by atoms with E-state index in [0.717, 1.165) is 12.1 Å². The molecule has 1 heterocycles. The van der Waals surface area contributed by atoms with Gasteiger partial charge in [0.2, 0.25) is 0 Å². The lowest BCUT2D eigenvalue weighted by Crippen LogP contribution is -2.06. The molecule has 0 aliphatic rings. The Morgan fingerprint density at radius 1 is 1.15 bits per heavy atom. The fourth-order valence-electron chi connectivity index (χ4n) is 1.67. The zero-order valence-corrected chi connectivity index (χ0v) is 10.9. The zero-order valence-electron chi connectivity index (χ0n) is 10.1. The second kappa shape index (κ2) is 5.63. The van der Waals surface area contributed by atoms with Crippen LogP contribution in [0.15, 0.2) is 42.6 Å². The predicted molar refractivity (Wildman–Crippen MR) is 68.7 cm³/mol. The van der Waals surface area contributed by atoms with E-state index in [9.17, 15) is 18.0 Å². The number of aromatic nitrogens is 1. The zero-order chi connectivity index (χ0) is 14.8. The van der Waals surface area contributed by atoms with Crippen molar-refractivity contribution in [2.45, 2.75) is 12.6 Å². The molecule has 0 atom stereocenters. The number of rotatable bonds is 3. The van der Waals surface area contributed by atoms with Crippen molar-refractivity contribution in [2.75, 3.05) is 0 Å². The van der Waals surface area contributed by atoms with Gasteiger partial charge in [-0.2, -0.15) is 13.2 Å². The van der Waals surface area contributed by atoms with E-state index < -0.39 is 11.7 Å². The molecule has 0 aliphatic heterocycles. The van der Waals surface area contributed by atoms with E-state index in [-0.39, 0.29) is 17.4 Å². The molecule has 1 aromatic heterocycles. The summed E-state index contributed by atoms with van der Waals surface area (Å²) < 4.78 is 37.2. The van der Waals surface area contributed by atoms with E-state index in [1.54, 1.807) is 0 Å². The summed E-state index contributed by atoms with van der Waals surface area (Å²) >= 11 is 5.67. The number of Topliss-reactive ketones (excluding diaryl/α,β-unsaturated/α-hetero) is 1. The Hall–Kier alpha value is -1.88. The first-order chi connectivity index (χ1) is 9.36. The van der Waals surface area contributed by atoms with E-state index >= 15 is 0 Å². The summed E-state index contributed by atoms with van der Waals surface area (Å²) in [6, 6.07) is 7.45. The number of halogens is 4. The summed E-state index contributed by atoms with van der Waals surface area (Å²) in [5.74, 6) is -0.228. The van der Waals surface area contributed by atoms with Crippen molar-refractivity contribution in [3.05, 3.63) is 64.4 Å². The number of hydrogen-bond acceptors (Lipinski definition) is 2. The molecule has 20 heavy (non-hydrogen) atoms. The van der Waals surface area contributed by atoms with E-state index in [2.05, 4.69) is 4.98 Å². The third-order valence-electron chi connectivity index (χ3n) is 2.69. The van der Waals surface area contributed by atoms with Gasteiger partial charge in [0, 0.05) is 18.2 Å². The monoisotopic (exact) mass is 299 g/mol.